The van der Waals surface area contributed by atoms with Crippen LogP contribution < -0.4 is 9.84 Å². The lowest BCUT2D eigenvalue weighted by Crippen LogP contribution is -2.03. The first-order valence-electron chi connectivity index (χ1n) is 4.40. The molecule has 0 spiro atoms. The van der Waals surface area contributed by atoms with Gasteiger partial charge in [0.05, 0.1) is 6.61 Å². The SMILES string of the molecule is Clc1ccc(OCCc2nnn[n-]2)cc1. The lowest BCUT2D eigenvalue weighted by molar-refractivity contribution is 0.318. The summed E-state index contributed by atoms with van der Waals surface area (Å²) in [6.45, 7) is 0.495. The Morgan fingerprint density at radius 3 is 2.73 bits per heavy atom. The van der Waals surface area contributed by atoms with Crippen LogP contribution in [0, 0.1) is 0 Å². The third-order valence-electron chi connectivity index (χ3n) is 1.77. The molecule has 2 rings (SSSR count). The molecule has 1 heterocycles. The number of nitrogens with zero attached hydrogens (tertiary/aromatic N) is 4. The van der Waals surface area contributed by atoms with Gasteiger partial charge >= 0.3 is 0 Å². The molecule has 0 N–H and O–H groups in total. The molecular formula is C9H8ClN4O-. The van der Waals surface area contributed by atoms with Crippen molar-refractivity contribution in [1.29, 1.82) is 0 Å². The Kier molecular flexibility index (Phi) is 3.14. The zero-order valence-corrected chi connectivity index (χ0v) is 8.55. The fourth-order valence-corrected chi connectivity index (χ4v) is 1.18. The summed E-state index contributed by atoms with van der Waals surface area (Å²) in [5.74, 6) is 1.36. The molecule has 0 amide bonds. The largest absolute Gasteiger partial charge is 0.493 e. The fourth-order valence-electron chi connectivity index (χ4n) is 1.05. The molecule has 1 aromatic carbocycles. The van der Waals surface area contributed by atoms with Crippen LogP contribution in [0.4, 0.5) is 0 Å². The van der Waals surface area contributed by atoms with E-state index in [1.165, 1.54) is 0 Å². The highest BCUT2D eigenvalue weighted by atomic mass is 35.5. The Morgan fingerprint density at radius 2 is 2.07 bits per heavy atom. The molecule has 1 aromatic heterocycles. The Hall–Kier alpha value is -1.62. The minimum Gasteiger partial charge on any atom is -0.493 e. The van der Waals surface area contributed by atoms with Crippen LogP contribution in [0.5, 0.6) is 5.75 Å². The topological polar surface area (TPSA) is 62.0 Å². The van der Waals surface area contributed by atoms with Gasteiger partial charge in [-0.1, -0.05) is 11.6 Å². The van der Waals surface area contributed by atoms with Crippen LogP contribution in [0.2, 0.25) is 5.02 Å². The molecule has 0 saturated carbocycles. The van der Waals surface area contributed by atoms with E-state index in [0.29, 0.717) is 23.9 Å². The van der Waals surface area contributed by atoms with Crippen molar-refractivity contribution in [2.45, 2.75) is 6.42 Å². The third-order valence-corrected chi connectivity index (χ3v) is 2.02. The van der Waals surface area contributed by atoms with Crippen LogP contribution in [-0.4, -0.2) is 22.1 Å². The van der Waals surface area contributed by atoms with Gasteiger partial charge in [0.25, 0.3) is 0 Å². The minimum atomic E-state index is 0.495. The number of benzene rings is 1. The molecule has 0 atom stereocenters. The second-order valence-corrected chi connectivity index (χ2v) is 3.28. The number of tetrazole rings is 1. The molecule has 0 fully saturated rings. The lowest BCUT2D eigenvalue weighted by atomic mass is 10.3. The van der Waals surface area contributed by atoms with E-state index in [1.807, 2.05) is 12.1 Å². The van der Waals surface area contributed by atoms with Crippen LogP contribution >= 0.6 is 11.6 Å². The fraction of sp³-hybridized carbons (Fsp3) is 0.222. The van der Waals surface area contributed by atoms with Crippen LogP contribution in [0.25, 0.3) is 0 Å². The zero-order valence-electron chi connectivity index (χ0n) is 7.80. The molecule has 0 bridgehead atoms. The first-order valence-corrected chi connectivity index (χ1v) is 4.78. The predicted molar refractivity (Wildman–Crippen MR) is 53.8 cm³/mol. The van der Waals surface area contributed by atoms with Crippen LogP contribution in [0.3, 0.4) is 0 Å². The van der Waals surface area contributed by atoms with Crippen LogP contribution in [-0.2, 0) is 6.42 Å². The molecule has 15 heavy (non-hydrogen) atoms. The monoisotopic (exact) mass is 223 g/mol. The number of aromatic nitrogens is 4. The minimum absolute atomic E-state index is 0.495. The van der Waals surface area contributed by atoms with Crippen molar-refractivity contribution in [2.75, 3.05) is 6.61 Å². The maximum Gasteiger partial charge on any atom is 0.119 e. The van der Waals surface area contributed by atoms with E-state index in [4.69, 9.17) is 16.3 Å². The van der Waals surface area contributed by atoms with Crippen molar-refractivity contribution in [3.63, 3.8) is 0 Å². The number of rotatable bonds is 4. The summed E-state index contributed by atoms with van der Waals surface area (Å²) in [6, 6.07) is 7.17. The van der Waals surface area contributed by atoms with Crippen LogP contribution in [0.15, 0.2) is 24.3 Å². The van der Waals surface area contributed by atoms with E-state index in [-0.39, 0.29) is 0 Å². The van der Waals surface area contributed by atoms with Gasteiger partial charge in [-0.2, -0.15) is 5.21 Å². The summed E-state index contributed by atoms with van der Waals surface area (Å²) >= 11 is 5.73. The highest BCUT2D eigenvalue weighted by molar-refractivity contribution is 6.30. The van der Waals surface area contributed by atoms with Gasteiger partial charge < -0.3 is 9.84 Å². The third kappa shape index (κ3) is 2.92. The molecule has 6 heteroatoms. The predicted octanol–water partition coefficient (Wildman–Crippen LogP) is 1.10. The lowest BCUT2D eigenvalue weighted by Gasteiger charge is -2.05. The summed E-state index contributed by atoms with van der Waals surface area (Å²) in [7, 11) is 0. The van der Waals surface area contributed by atoms with Gasteiger partial charge in [-0.25, -0.2) is 0 Å². The molecule has 0 unspecified atom stereocenters. The highest BCUT2D eigenvalue weighted by Crippen LogP contribution is 2.15. The molecule has 2 aromatic rings. The van der Waals surface area contributed by atoms with Crippen LogP contribution in [0.1, 0.15) is 5.82 Å². The Balaban J connectivity index is 1.81. The maximum atomic E-state index is 5.73. The second kappa shape index (κ2) is 4.75. The van der Waals surface area contributed by atoms with E-state index in [9.17, 15) is 0 Å². The van der Waals surface area contributed by atoms with E-state index in [0.717, 1.165) is 5.75 Å². The van der Waals surface area contributed by atoms with E-state index in [2.05, 4.69) is 20.6 Å². The average molecular weight is 224 g/mol. The van der Waals surface area contributed by atoms with Crippen molar-refractivity contribution in [3.8, 4) is 5.75 Å². The molecular weight excluding hydrogens is 216 g/mol. The quantitative estimate of drug-likeness (QED) is 0.777. The van der Waals surface area contributed by atoms with Gasteiger partial charge in [0.2, 0.25) is 0 Å². The second-order valence-electron chi connectivity index (χ2n) is 2.85. The standard InChI is InChI=1S/C9H8ClN4O/c10-7-1-3-8(4-2-7)15-6-5-9-11-13-14-12-9/h1-4H,5-6H2/q-1. The number of hydrogen-bond acceptors (Lipinski definition) is 4. The Morgan fingerprint density at radius 1 is 1.27 bits per heavy atom. The number of halogens is 1. The van der Waals surface area contributed by atoms with Crippen molar-refractivity contribution in [3.05, 3.63) is 35.1 Å². The molecule has 0 saturated heterocycles. The summed E-state index contributed by atoms with van der Waals surface area (Å²) in [4.78, 5) is 0. The van der Waals surface area contributed by atoms with Gasteiger partial charge in [0.1, 0.15) is 5.75 Å². The van der Waals surface area contributed by atoms with E-state index in [1.54, 1.807) is 12.1 Å². The van der Waals surface area contributed by atoms with Gasteiger partial charge in [-0.05, 0) is 24.3 Å². The molecule has 0 radical (unpaired) electrons. The molecule has 0 aliphatic carbocycles. The van der Waals surface area contributed by atoms with Gasteiger partial charge in [0.15, 0.2) is 0 Å². The molecule has 0 aliphatic rings. The first-order chi connectivity index (χ1) is 7.34. The van der Waals surface area contributed by atoms with Gasteiger partial charge in [0, 0.05) is 17.3 Å². The molecule has 5 nitrogen and oxygen atoms in total. The Labute approximate surface area is 91.4 Å². The van der Waals surface area contributed by atoms with Crippen molar-refractivity contribution < 1.29 is 4.74 Å². The molecule has 78 valence electrons. The maximum absolute atomic E-state index is 5.73. The summed E-state index contributed by atoms with van der Waals surface area (Å²) < 4.78 is 5.44. The Bertz CT molecular complexity index is 401. The van der Waals surface area contributed by atoms with Crippen molar-refractivity contribution in [2.24, 2.45) is 0 Å². The van der Waals surface area contributed by atoms with Gasteiger partial charge in [-0.15, -0.1) is 0 Å². The first kappa shape index (κ1) is 9.92. The molecule has 0 aliphatic heterocycles. The smallest absolute Gasteiger partial charge is 0.119 e. The zero-order chi connectivity index (χ0) is 10.5. The van der Waals surface area contributed by atoms with Crippen molar-refractivity contribution >= 4 is 11.6 Å². The summed E-state index contributed by atoms with van der Waals surface area (Å²) in [5.41, 5.74) is 0. The average Bonchev–Trinajstić information content (AvgIpc) is 2.74. The summed E-state index contributed by atoms with van der Waals surface area (Å²) in [6.07, 6.45) is 0.593. The highest BCUT2D eigenvalue weighted by Gasteiger charge is 1.94. The van der Waals surface area contributed by atoms with E-state index >= 15 is 0 Å². The normalized spacial score (nSPS) is 10.2. The van der Waals surface area contributed by atoms with E-state index < -0.39 is 0 Å². The summed E-state index contributed by atoms with van der Waals surface area (Å²) in [5, 5.41) is 14.8. The van der Waals surface area contributed by atoms with Crippen molar-refractivity contribution in [1.82, 2.24) is 20.6 Å². The number of ether oxygens (including phenoxy) is 1. The number of hydrogen-bond donors (Lipinski definition) is 0. The van der Waals surface area contributed by atoms with Gasteiger partial charge in [-0.3, -0.25) is 10.3 Å².